The highest BCUT2D eigenvalue weighted by Crippen LogP contribution is 2.24. The molecule has 1 aliphatic rings. The van der Waals surface area contributed by atoms with Crippen molar-refractivity contribution < 1.29 is 9.53 Å². The van der Waals surface area contributed by atoms with E-state index in [0.29, 0.717) is 36.5 Å². The molecular weight excluding hydrogens is 510 g/mol. The van der Waals surface area contributed by atoms with Gasteiger partial charge in [0.05, 0.1) is 0 Å². The number of ether oxygens (including phenoxy) is 1. The third kappa shape index (κ3) is 7.12. The molecule has 0 atom stereocenters. The summed E-state index contributed by atoms with van der Waals surface area (Å²) in [5, 5.41) is 2.92. The van der Waals surface area contributed by atoms with E-state index in [2.05, 4.69) is 38.9 Å². The van der Waals surface area contributed by atoms with E-state index < -0.39 is 5.69 Å². The third-order valence-corrected chi connectivity index (χ3v) is 7.52. The van der Waals surface area contributed by atoms with Gasteiger partial charge in [-0.25, -0.2) is 4.79 Å². The van der Waals surface area contributed by atoms with Crippen LogP contribution in [-0.2, 0) is 24.3 Å². The molecule has 1 aromatic carbocycles. The van der Waals surface area contributed by atoms with Gasteiger partial charge in [0, 0.05) is 32.7 Å². The number of benzene rings is 1. The number of hydrogen-bond donors (Lipinski definition) is 2. The monoisotopic (exact) mass is 553 g/mol. The molecular formula is C29H43N7O4. The summed E-state index contributed by atoms with van der Waals surface area (Å²) in [4.78, 5) is 49.7. The Balaban J connectivity index is 1.30. The Morgan fingerprint density at radius 3 is 2.58 bits per heavy atom. The molecule has 3 aromatic rings. The number of aromatic amines is 1. The van der Waals surface area contributed by atoms with E-state index in [-0.39, 0.29) is 18.1 Å². The van der Waals surface area contributed by atoms with Crippen LogP contribution in [0, 0.1) is 0 Å². The molecule has 0 aliphatic carbocycles. The number of aryl methyl sites for hydroxylation is 1. The van der Waals surface area contributed by atoms with Crippen molar-refractivity contribution in [3.63, 3.8) is 0 Å². The van der Waals surface area contributed by atoms with Crippen molar-refractivity contribution in [2.75, 3.05) is 50.8 Å². The second-order valence-corrected chi connectivity index (χ2v) is 10.3. The fraction of sp³-hybridized carbons (Fsp3) is 0.586. The van der Waals surface area contributed by atoms with E-state index in [4.69, 9.17) is 4.74 Å². The summed E-state index contributed by atoms with van der Waals surface area (Å²) >= 11 is 0. The summed E-state index contributed by atoms with van der Waals surface area (Å²) in [7, 11) is 0. The van der Waals surface area contributed by atoms with Gasteiger partial charge >= 0.3 is 5.69 Å². The van der Waals surface area contributed by atoms with E-state index >= 15 is 0 Å². The van der Waals surface area contributed by atoms with Crippen molar-refractivity contribution >= 4 is 23.0 Å². The van der Waals surface area contributed by atoms with Gasteiger partial charge in [-0.1, -0.05) is 39.3 Å². The van der Waals surface area contributed by atoms with Crippen molar-refractivity contribution in [3.05, 3.63) is 50.7 Å². The van der Waals surface area contributed by atoms with Gasteiger partial charge in [-0.15, -0.1) is 0 Å². The molecule has 3 heterocycles. The van der Waals surface area contributed by atoms with Crippen LogP contribution in [0.3, 0.4) is 0 Å². The molecule has 0 radical (unpaired) electrons. The van der Waals surface area contributed by atoms with Crippen LogP contribution in [0.15, 0.2) is 33.9 Å². The molecule has 0 saturated carbocycles. The smallest absolute Gasteiger partial charge is 0.330 e. The Bertz CT molecular complexity index is 1370. The largest absolute Gasteiger partial charge is 0.484 e. The predicted octanol–water partition coefficient (Wildman–Crippen LogP) is 2.37. The quantitative estimate of drug-likeness (QED) is 0.278. The Hall–Kier alpha value is -3.60. The highest BCUT2D eigenvalue weighted by atomic mass is 16.5. The van der Waals surface area contributed by atoms with Gasteiger partial charge < -0.3 is 24.4 Å². The fourth-order valence-corrected chi connectivity index (χ4v) is 5.12. The lowest BCUT2D eigenvalue weighted by atomic mass is 10.1. The first-order valence-corrected chi connectivity index (χ1v) is 14.6. The summed E-state index contributed by atoms with van der Waals surface area (Å²) < 4.78 is 8.91. The molecule has 11 nitrogen and oxygen atoms in total. The molecule has 0 saturated heterocycles. The SMILES string of the molecule is CCCCn1c(=O)[nH]c2nc3n(c2c1=O)CCCN3CCc1ccc(OCC(=O)NCCCN(CC)CC)cc1. The van der Waals surface area contributed by atoms with Crippen molar-refractivity contribution in [2.45, 2.75) is 66.0 Å². The minimum Gasteiger partial charge on any atom is -0.484 e. The number of carbonyl (C=O) groups is 1. The molecule has 4 rings (SSSR count). The number of anilines is 1. The molecule has 0 unspecified atom stereocenters. The van der Waals surface area contributed by atoms with Gasteiger partial charge in [0.15, 0.2) is 17.8 Å². The predicted molar refractivity (Wildman–Crippen MR) is 157 cm³/mol. The Morgan fingerprint density at radius 1 is 1.07 bits per heavy atom. The van der Waals surface area contributed by atoms with Crippen LogP contribution < -0.4 is 26.2 Å². The average Bonchev–Trinajstić information content (AvgIpc) is 3.34. The standard InChI is InChI=1S/C29H43N7O4/c1-4-7-18-36-27(38)25-26(32-29(36)39)31-28-34(17-9-19-35(25)28)20-14-22-10-12-23(13-11-22)40-21-24(37)30-15-8-16-33(5-2)6-3/h10-13H,4-9,14-21H2,1-3H3,(H,30,37)(H,32,39). The zero-order chi connectivity index (χ0) is 28.5. The lowest BCUT2D eigenvalue weighted by Gasteiger charge is -2.29. The second-order valence-electron chi connectivity index (χ2n) is 10.3. The maximum Gasteiger partial charge on any atom is 0.330 e. The van der Waals surface area contributed by atoms with E-state index in [1.807, 2.05) is 35.8 Å². The number of nitrogens with zero attached hydrogens (tertiary/aromatic N) is 5. The number of imidazole rings is 1. The molecule has 0 bridgehead atoms. The van der Waals surface area contributed by atoms with Crippen LogP contribution >= 0.6 is 0 Å². The lowest BCUT2D eigenvalue weighted by Crippen LogP contribution is -2.37. The number of fused-ring (bicyclic) bond motifs is 3. The van der Waals surface area contributed by atoms with E-state index in [0.717, 1.165) is 76.3 Å². The minimum absolute atomic E-state index is 0.00312. The molecule has 218 valence electrons. The number of aromatic nitrogens is 4. The third-order valence-electron chi connectivity index (χ3n) is 7.52. The first-order chi connectivity index (χ1) is 19.4. The maximum absolute atomic E-state index is 13.1. The van der Waals surface area contributed by atoms with Gasteiger partial charge in [-0.3, -0.25) is 19.1 Å². The van der Waals surface area contributed by atoms with Crippen LogP contribution in [0.25, 0.3) is 11.2 Å². The lowest BCUT2D eigenvalue weighted by molar-refractivity contribution is -0.123. The first kappa shape index (κ1) is 29.4. The van der Waals surface area contributed by atoms with Gasteiger partial charge in [-0.2, -0.15) is 4.98 Å². The van der Waals surface area contributed by atoms with Crippen LogP contribution in [-0.4, -0.2) is 75.8 Å². The highest BCUT2D eigenvalue weighted by molar-refractivity contribution is 5.77. The Labute approximate surface area is 235 Å². The van der Waals surface area contributed by atoms with E-state index in [1.165, 1.54) is 4.57 Å². The van der Waals surface area contributed by atoms with Gasteiger partial charge in [0.25, 0.3) is 11.5 Å². The normalized spacial score (nSPS) is 13.2. The summed E-state index contributed by atoms with van der Waals surface area (Å²) in [6.45, 7) is 12.7. The average molecular weight is 554 g/mol. The van der Waals surface area contributed by atoms with E-state index in [9.17, 15) is 14.4 Å². The summed E-state index contributed by atoms with van der Waals surface area (Å²) in [5.41, 5.74) is 1.31. The number of carbonyl (C=O) groups excluding carboxylic acids is 1. The maximum atomic E-state index is 13.1. The molecule has 40 heavy (non-hydrogen) atoms. The topological polar surface area (TPSA) is 117 Å². The first-order valence-electron chi connectivity index (χ1n) is 14.6. The summed E-state index contributed by atoms with van der Waals surface area (Å²) in [6, 6.07) is 7.79. The molecule has 11 heteroatoms. The number of H-pyrrole nitrogens is 1. The van der Waals surface area contributed by atoms with Gasteiger partial charge in [0.1, 0.15) is 5.75 Å². The number of amides is 1. The zero-order valence-electron chi connectivity index (χ0n) is 24.1. The van der Waals surface area contributed by atoms with Crippen LogP contribution in [0.5, 0.6) is 5.75 Å². The van der Waals surface area contributed by atoms with Crippen LogP contribution in [0.2, 0.25) is 0 Å². The Kier molecular flexibility index (Phi) is 10.4. The van der Waals surface area contributed by atoms with Crippen molar-refractivity contribution in [2.24, 2.45) is 0 Å². The number of nitrogens with one attached hydrogen (secondary N) is 2. The minimum atomic E-state index is -0.400. The number of unbranched alkanes of at least 4 members (excludes halogenated alkanes) is 1. The Morgan fingerprint density at radius 2 is 1.85 bits per heavy atom. The summed E-state index contributed by atoms with van der Waals surface area (Å²) in [6.07, 6.45) is 4.28. The number of hydrogen-bond acceptors (Lipinski definition) is 7. The van der Waals surface area contributed by atoms with Gasteiger partial charge in [0.2, 0.25) is 5.95 Å². The molecule has 1 aliphatic heterocycles. The molecule has 0 spiro atoms. The van der Waals surface area contributed by atoms with Crippen LogP contribution in [0.1, 0.15) is 52.0 Å². The van der Waals surface area contributed by atoms with Crippen LogP contribution in [0.4, 0.5) is 5.95 Å². The highest BCUT2D eigenvalue weighted by Gasteiger charge is 2.24. The molecule has 0 fully saturated rings. The van der Waals surface area contributed by atoms with E-state index in [1.54, 1.807) is 0 Å². The zero-order valence-corrected chi connectivity index (χ0v) is 24.1. The molecule has 2 aromatic heterocycles. The van der Waals surface area contributed by atoms with Crippen molar-refractivity contribution in [3.8, 4) is 5.75 Å². The fourth-order valence-electron chi connectivity index (χ4n) is 5.12. The van der Waals surface area contributed by atoms with Crippen molar-refractivity contribution in [1.82, 2.24) is 29.3 Å². The molecule has 1 amide bonds. The van der Waals surface area contributed by atoms with Gasteiger partial charge in [-0.05, 0) is 63.0 Å². The summed E-state index contributed by atoms with van der Waals surface area (Å²) in [5.74, 6) is 1.27. The number of rotatable bonds is 15. The van der Waals surface area contributed by atoms with Crippen molar-refractivity contribution in [1.29, 1.82) is 0 Å². The molecule has 2 N–H and O–H groups in total. The second kappa shape index (κ2) is 14.2.